The lowest BCUT2D eigenvalue weighted by Crippen LogP contribution is -2.25. The molecule has 1 aliphatic rings. The summed E-state index contributed by atoms with van der Waals surface area (Å²) in [6.45, 7) is 0. The molecule has 1 N–H and O–H groups in total. The van der Waals surface area contributed by atoms with Crippen molar-refractivity contribution in [3.05, 3.63) is 34.2 Å². The molecule has 2 atom stereocenters. The van der Waals surface area contributed by atoms with Crippen LogP contribution in [0.2, 0.25) is 0 Å². The Morgan fingerprint density at radius 1 is 1.67 bits per heavy atom. The lowest BCUT2D eigenvalue weighted by Gasteiger charge is -2.04. The highest BCUT2D eigenvalue weighted by Gasteiger charge is 2.39. The molecule has 0 aromatic carbocycles. The lowest BCUT2D eigenvalue weighted by molar-refractivity contribution is 0.0694. The van der Waals surface area contributed by atoms with Crippen LogP contribution in [0.15, 0.2) is 23.1 Å². The number of aromatic nitrogens is 1. The summed E-state index contributed by atoms with van der Waals surface area (Å²) in [5, 5.41) is 8.77. The Kier molecular flexibility index (Phi) is 2.32. The van der Waals surface area contributed by atoms with Gasteiger partial charge >= 0.3 is 5.97 Å². The van der Waals surface area contributed by atoms with Crippen LogP contribution in [0.5, 0.6) is 0 Å². The summed E-state index contributed by atoms with van der Waals surface area (Å²) in [5.74, 6) is -1.19. The zero-order chi connectivity index (χ0) is 11.0. The molecule has 1 aromatic rings. The summed E-state index contributed by atoms with van der Waals surface area (Å²) in [5.41, 5.74) is -0.659. The van der Waals surface area contributed by atoms with Crippen molar-refractivity contribution in [2.45, 2.75) is 18.6 Å². The van der Waals surface area contributed by atoms with Gasteiger partial charge in [-0.3, -0.25) is 4.79 Å². The maximum Gasteiger partial charge on any atom is 0.341 e. The van der Waals surface area contributed by atoms with Crippen molar-refractivity contribution in [2.24, 2.45) is 0 Å². The van der Waals surface area contributed by atoms with Crippen LogP contribution < -0.4 is 5.56 Å². The molecule has 80 valence electrons. The Labute approximate surface area is 85.9 Å². The van der Waals surface area contributed by atoms with Crippen LogP contribution in [0.1, 0.15) is 22.8 Å². The quantitative estimate of drug-likeness (QED) is 0.787. The number of aromatic carboxylic acids is 1. The number of carboxylic acids is 1. The Bertz CT molecular complexity index is 451. The van der Waals surface area contributed by atoms with Gasteiger partial charge in [0.05, 0.1) is 12.1 Å². The zero-order valence-electron chi connectivity index (χ0n) is 8.21. The maximum absolute atomic E-state index is 11.7. The molecule has 0 spiro atoms. The molecule has 1 fully saturated rings. The summed E-state index contributed by atoms with van der Waals surface area (Å²) < 4.78 is 6.50. The number of rotatable bonds is 3. The van der Waals surface area contributed by atoms with E-state index in [0.29, 0.717) is 0 Å². The van der Waals surface area contributed by atoms with Crippen LogP contribution in [0.25, 0.3) is 0 Å². The minimum atomic E-state index is -1.19. The number of carboxylic acid groups (broad SMARTS) is 1. The first-order valence-corrected chi connectivity index (χ1v) is 4.62. The van der Waals surface area contributed by atoms with Crippen LogP contribution in [-0.4, -0.2) is 28.9 Å². The number of hydrogen-bond donors (Lipinski definition) is 1. The van der Waals surface area contributed by atoms with Gasteiger partial charge in [-0.1, -0.05) is 0 Å². The van der Waals surface area contributed by atoms with E-state index in [-0.39, 0.29) is 17.7 Å². The average molecular weight is 209 g/mol. The van der Waals surface area contributed by atoms with Gasteiger partial charge in [0.1, 0.15) is 5.56 Å². The highest BCUT2D eigenvalue weighted by molar-refractivity contribution is 5.86. The number of ether oxygens (including phenoxy) is 1. The van der Waals surface area contributed by atoms with Gasteiger partial charge in [-0.15, -0.1) is 0 Å². The Balaban J connectivity index is 2.38. The second kappa shape index (κ2) is 3.51. The monoisotopic (exact) mass is 209 g/mol. The molecule has 1 aliphatic carbocycles. The number of pyridine rings is 1. The van der Waals surface area contributed by atoms with Crippen molar-refractivity contribution in [3.63, 3.8) is 0 Å². The molecule has 1 heterocycles. The lowest BCUT2D eigenvalue weighted by atomic mass is 10.3. The minimum absolute atomic E-state index is 0.0122. The van der Waals surface area contributed by atoms with Crippen LogP contribution in [0.4, 0.5) is 0 Å². The molecule has 1 aromatic heterocycles. The second-order valence-electron chi connectivity index (χ2n) is 3.52. The zero-order valence-corrected chi connectivity index (χ0v) is 8.21. The summed E-state index contributed by atoms with van der Waals surface area (Å²) in [6.07, 6.45) is 2.39. The molecule has 0 bridgehead atoms. The third kappa shape index (κ3) is 1.66. The van der Waals surface area contributed by atoms with Crippen LogP contribution in [-0.2, 0) is 4.74 Å². The van der Waals surface area contributed by atoms with E-state index < -0.39 is 11.5 Å². The summed E-state index contributed by atoms with van der Waals surface area (Å²) in [4.78, 5) is 22.4. The van der Waals surface area contributed by atoms with E-state index in [0.717, 1.165) is 6.42 Å². The van der Waals surface area contributed by atoms with Gasteiger partial charge in [0.15, 0.2) is 0 Å². The molecule has 0 saturated heterocycles. The van der Waals surface area contributed by atoms with E-state index in [2.05, 4.69) is 0 Å². The molecular formula is C10H11NO4. The summed E-state index contributed by atoms with van der Waals surface area (Å²) in [6, 6.07) is 2.86. The first-order valence-electron chi connectivity index (χ1n) is 4.62. The van der Waals surface area contributed by atoms with Gasteiger partial charge in [-0.2, -0.15) is 0 Å². The van der Waals surface area contributed by atoms with E-state index in [1.54, 1.807) is 19.4 Å². The first kappa shape index (κ1) is 9.92. The highest BCUT2D eigenvalue weighted by Crippen LogP contribution is 2.36. The van der Waals surface area contributed by atoms with Crippen LogP contribution in [0.3, 0.4) is 0 Å². The predicted molar refractivity (Wildman–Crippen MR) is 52.1 cm³/mol. The van der Waals surface area contributed by atoms with Crippen molar-refractivity contribution in [3.8, 4) is 0 Å². The van der Waals surface area contributed by atoms with E-state index >= 15 is 0 Å². The van der Waals surface area contributed by atoms with Crippen LogP contribution in [0, 0.1) is 0 Å². The number of methoxy groups -OCH3 is 1. The molecule has 5 heteroatoms. The predicted octanol–water partition coefficient (Wildman–Crippen LogP) is 0.506. The molecule has 1 unspecified atom stereocenters. The molecular weight excluding hydrogens is 198 g/mol. The van der Waals surface area contributed by atoms with Crippen LogP contribution >= 0.6 is 0 Å². The van der Waals surface area contributed by atoms with Gasteiger partial charge in [0.25, 0.3) is 5.56 Å². The van der Waals surface area contributed by atoms with Gasteiger partial charge < -0.3 is 14.4 Å². The smallest absolute Gasteiger partial charge is 0.341 e. The molecule has 0 radical (unpaired) electrons. The van der Waals surface area contributed by atoms with Crippen molar-refractivity contribution < 1.29 is 14.6 Å². The van der Waals surface area contributed by atoms with Crippen molar-refractivity contribution in [1.82, 2.24) is 4.57 Å². The fourth-order valence-electron chi connectivity index (χ4n) is 1.64. The van der Waals surface area contributed by atoms with Crippen molar-refractivity contribution in [2.75, 3.05) is 7.11 Å². The molecule has 0 aliphatic heterocycles. The fourth-order valence-corrected chi connectivity index (χ4v) is 1.64. The third-order valence-electron chi connectivity index (χ3n) is 2.56. The SMILES string of the molecule is COC1C[C@@H]1n1cccc(C(=O)O)c1=O. The topological polar surface area (TPSA) is 68.5 Å². The normalized spacial score (nSPS) is 23.8. The highest BCUT2D eigenvalue weighted by atomic mass is 16.5. The Morgan fingerprint density at radius 3 is 2.93 bits per heavy atom. The van der Waals surface area contributed by atoms with E-state index in [9.17, 15) is 9.59 Å². The van der Waals surface area contributed by atoms with E-state index in [1.165, 1.54) is 10.6 Å². The average Bonchev–Trinajstić information content (AvgIpc) is 2.96. The Hall–Kier alpha value is -1.62. The minimum Gasteiger partial charge on any atom is -0.477 e. The first-order chi connectivity index (χ1) is 7.15. The summed E-state index contributed by atoms with van der Waals surface area (Å²) in [7, 11) is 1.58. The fraction of sp³-hybridized carbons (Fsp3) is 0.400. The molecule has 0 amide bonds. The third-order valence-corrected chi connectivity index (χ3v) is 2.56. The number of hydrogen-bond acceptors (Lipinski definition) is 3. The van der Waals surface area contributed by atoms with E-state index in [4.69, 9.17) is 9.84 Å². The van der Waals surface area contributed by atoms with Crippen molar-refractivity contribution >= 4 is 5.97 Å². The molecule has 5 nitrogen and oxygen atoms in total. The maximum atomic E-state index is 11.7. The summed E-state index contributed by atoms with van der Waals surface area (Å²) >= 11 is 0. The number of nitrogens with zero attached hydrogens (tertiary/aromatic N) is 1. The van der Waals surface area contributed by atoms with Crippen molar-refractivity contribution in [1.29, 1.82) is 0 Å². The molecule has 2 rings (SSSR count). The van der Waals surface area contributed by atoms with Gasteiger partial charge in [-0.25, -0.2) is 4.79 Å². The Morgan fingerprint density at radius 2 is 2.40 bits per heavy atom. The van der Waals surface area contributed by atoms with Gasteiger partial charge in [0.2, 0.25) is 0 Å². The largest absolute Gasteiger partial charge is 0.477 e. The second-order valence-corrected chi connectivity index (χ2v) is 3.52. The number of carbonyl (C=O) groups is 1. The standard InChI is InChI=1S/C10H11NO4/c1-15-8-5-7(8)11-4-2-3-6(9(11)12)10(13)14/h2-4,7-8H,5H2,1H3,(H,13,14)/t7-,8?/m0/s1. The van der Waals surface area contributed by atoms with E-state index in [1.807, 2.05) is 0 Å². The van der Waals surface area contributed by atoms with Gasteiger partial charge in [0, 0.05) is 13.3 Å². The molecule has 1 saturated carbocycles. The molecule has 15 heavy (non-hydrogen) atoms. The van der Waals surface area contributed by atoms with Gasteiger partial charge in [-0.05, 0) is 18.6 Å².